The minimum absolute atomic E-state index is 0.0311. The summed E-state index contributed by atoms with van der Waals surface area (Å²) in [4.78, 5) is 29.9. The Kier molecular flexibility index (Phi) is 6.55. The van der Waals surface area contributed by atoms with E-state index in [1.165, 1.54) is 0 Å². The molecule has 5 heteroatoms. The highest BCUT2D eigenvalue weighted by atomic mass is 16.5. The van der Waals surface area contributed by atoms with Gasteiger partial charge in [-0.15, -0.1) is 0 Å². The van der Waals surface area contributed by atoms with Gasteiger partial charge in [0.05, 0.1) is 6.04 Å². The van der Waals surface area contributed by atoms with E-state index >= 15 is 0 Å². The molecule has 0 saturated heterocycles. The summed E-state index contributed by atoms with van der Waals surface area (Å²) in [7, 11) is 0. The maximum Gasteiger partial charge on any atom is 0.265 e. The van der Waals surface area contributed by atoms with Crippen molar-refractivity contribution in [3.8, 4) is 5.75 Å². The lowest BCUT2D eigenvalue weighted by molar-refractivity contribution is -0.121. The van der Waals surface area contributed by atoms with Crippen LogP contribution in [0.2, 0.25) is 0 Å². The second kappa shape index (κ2) is 9.69. The quantitative estimate of drug-likeness (QED) is 0.530. The maximum absolute atomic E-state index is 13.5. The molecule has 3 aromatic rings. The molecule has 5 nitrogen and oxygen atoms in total. The average molecular weight is 429 g/mol. The van der Waals surface area contributed by atoms with Crippen LogP contribution in [-0.4, -0.2) is 24.5 Å². The van der Waals surface area contributed by atoms with Gasteiger partial charge in [-0.2, -0.15) is 0 Å². The van der Waals surface area contributed by atoms with Crippen molar-refractivity contribution in [1.82, 2.24) is 0 Å². The van der Waals surface area contributed by atoms with Crippen molar-refractivity contribution in [3.05, 3.63) is 90.5 Å². The summed E-state index contributed by atoms with van der Waals surface area (Å²) in [5.74, 6) is 0.627. The Balaban J connectivity index is 1.71. The molecule has 1 aliphatic rings. The van der Waals surface area contributed by atoms with E-state index < -0.39 is 0 Å². The number of hydrogen-bond donors (Lipinski definition) is 0. The second-order valence-electron chi connectivity index (χ2n) is 7.98. The number of carbonyl (C=O) groups is 2. The molecule has 0 saturated carbocycles. The van der Waals surface area contributed by atoms with Gasteiger partial charge in [-0.3, -0.25) is 9.59 Å². The normalized spacial score (nSPS) is 17.4. The highest BCUT2D eigenvalue weighted by Crippen LogP contribution is 2.42. The van der Waals surface area contributed by atoms with Gasteiger partial charge >= 0.3 is 0 Å². The SMILES string of the molecule is CCC(=O)N1c2ccccc2[C@@H](N(C(=O)COc2ccccc2)c2ccccc2)C[C@@H]1C. The van der Waals surface area contributed by atoms with Gasteiger partial charge in [0.2, 0.25) is 5.91 Å². The van der Waals surface area contributed by atoms with E-state index in [0.717, 1.165) is 16.9 Å². The van der Waals surface area contributed by atoms with Gasteiger partial charge < -0.3 is 14.5 Å². The summed E-state index contributed by atoms with van der Waals surface area (Å²) in [5.41, 5.74) is 2.67. The number of hydrogen-bond acceptors (Lipinski definition) is 3. The third kappa shape index (κ3) is 4.37. The van der Waals surface area contributed by atoms with Gasteiger partial charge in [-0.1, -0.05) is 61.5 Å². The monoisotopic (exact) mass is 428 g/mol. The molecule has 0 aromatic heterocycles. The lowest BCUT2D eigenvalue weighted by Crippen LogP contribution is -2.48. The molecule has 0 radical (unpaired) electrons. The van der Waals surface area contributed by atoms with Crippen molar-refractivity contribution in [2.24, 2.45) is 0 Å². The molecule has 0 spiro atoms. The van der Waals surface area contributed by atoms with Crippen LogP contribution in [0.3, 0.4) is 0 Å². The smallest absolute Gasteiger partial charge is 0.265 e. The van der Waals surface area contributed by atoms with E-state index in [2.05, 4.69) is 0 Å². The average Bonchev–Trinajstić information content (AvgIpc) is 2.84. The predicted molar refractivity (Wildman–Crippen MR) is 127 cm³/mol. The second-order valence-corrected chi connectivity index (χ2v) is 7.98. The van der Waals surface area contributed by atoms with E-state index in [1.807, 2.05) is 109 Å². The molecule has 164 valence electrons. The third-order valence-electron chi connectivity index (χ3n) is 5.85. The number of nitrogens with zero attached hydrogens (tertiary/aromatic N) is 2. The molecule has 1 heterocycles. The first-order chi connectivity index (χ1) is 15.6. The van der Waals surface area contributed by atoms with E-state index in [4.69, 9.17) is 4.74 Å². The lowest BCUT2D eigenvalue weighted by atomic mass is 9.89. The van der Waals surface area contributed by atoms with E-state index in [0.29, 0.717) is 18.6 Å². The summed E-state index contributed by atoms with van der Waals surface area (Å²) in [6.07, 6.45) is 1.09. The predicted octanol–water partition coefficient (Wildman–Crippen LogP) is 5.38. The molecule has 4 rings (SSSR count). The Labute approximate surface area is 189 Å². The van der Waals surface area contributed by atoms with Gasteiger partial charge in [0.25, 0.3) is 5.91 Å². The molecular formula is C27H28N2O3. The Morgan fingerprint density at radius 3 is 2.25 bits per heavy atom. The first kappa shape index (κ1) is 21.6. The van der Waals surface area contributed by atoms with Crippen LogP contribution in [0.15, 0.2) is 84.9 Å². The van der Waals surface area contributed by atoms with E-state index in [1.54, 1.807) is 0 Å². The van der Waals surface area contributed by atoms with Crippen LogP contribution in [0.4, 0.5) is 11.4 Å². The van der Waals surface area contributed by atoms with E-state index in [-0.39, 0.29) is 30.5 Å². The maximum atomic E-state index is 13.5. The van der Waals surface area contributed by atoms with Crippen molar-refractivity contribution < 1.29 is 14.3 Å². The first-order valence-electron chi connectivity index (χ1n) is 11.1. The van der Waals surface area contributed by atoms with Crippen LogP contribution in [-0.2, 0) is 9.59 Å². The topological polar surface area (TPSA) is 49.9 Å². The van der Waals surface area contributed by atoms with Crippen molar-refractivity contribution in [1.29, 1.82) is 0 Å². The Hall–Kier alpha value is -3.60. The zero-order valence-electron chi connectivity index (χ0n) is 18.5. The van der Waals surface area contributed by atoms with Crippen LogP contribution in [0.25, 0.3) is 0 Å². The lowest BCUT2D eigenvalue weighted by Gasteiger charge is -2.43. The van der Waals surface area contributed by atoms with Crippen LogP contribution in [0.1, 0.15) is 38.3 Å². The van der Waals surface area contributed by atoms with Crippen molar-refractivity contribution in [2.45, 2.75) is 38.8 Å². The fourth-order valence-electron chi connectivity index (χ4n) is 4.39. The molecule has 0 bridgehead atoms. The molecule has 32 heavy (non-hydrogen) atoms. The first-order valence-corrected chi connectivity index (χ1v) is 11.1. The number of benzene rings is 3. The van der Waals surface area contributed by atoms with Gasteiger partial charge in [0.1, 0.15) is 5.75 Å². The Morgan fingerprint density at radius 2 is 1.56 bits per heavy atom. The van der Waals surface area contributed by atoms with Crippen molar-refractivity contribution in [3.63, 3.8) is 0 Å². The highest BCUT2D eigenvalue weighted by molar-refractivity contribution is 5.98. The van der Waals surface area contributed by atoms with Crippen molar-refractivity contribution in [2.75, 3.05) is 16.4 Å². The molecule has 1 aliphatic heterocycles. The zero-order chi connectivity index (χ0) is 22.5. The number of ether oxygens (including phenoxy) is 1. The van der Waals surface area contributed by atoms with E-state index in [9.17, 15) is 9.59 Å². The molecule has 3 aromatic carbocycles. The standard InChI is InChI=1S/C27H28N2O3/c1-3-26(30)28-20(2)18-25(23-16-10-11-17-24(23)28)29(21-12-6-4-7-13-21)27(31)19-32-22-14-8-5-9-15-22/h4-17,20,25H,3,18-19H2,1-2H3/t20-,25-/m0/s1. The van der Waals surface area contributed by atoms with Gasteiger partial charge in [-0.05, 0) is 49.2 Å². The molecule has 0 aliphatic carbocycles. The van der Waals surface area contributed by atoms with Gasteiger partial charge in [-0.25, -0.2) is 0 Å². The number of anilines is 2. The van der Waals surface area contributed by atoms with Crippen LogP contribution >= 0.6 is 0 Å². The molecular weight excluding hydrogens is 400 g/mol. The fourth-order valence-corrected chi connectivity index (χ4v) is 4.39. The minimum atomic E-state index is -0.198. The molecule has 2 atom stereocenters. The van der Waals surface area contributed by atoms with Crippen LogP contribution < -0.4 is 14.5 Å². The van der Waals surface area contributed by atoms with Crippen LogP contribution in [0.5, 0.6) is 5.75 Å². The minimum Gasteiger partial charge on any atom is -0.484 e. The Morgan fingerprint density at radius 1 is 0.938 bits per heavy atom. The van der Waals surface area contributed by atoms with Gasteiger partial charge in [0, 0.05) is 23.8 Å². The van der Waals surface area contributed by atoms with Crippen LogP contribution in [0, 0.1) is 0 Å². The summed E-state index contributed by atoms with van der Waals surface area (Å²) in [5, 5.41) is 0. The highest BCUT2D eigenvalue weighted by Gasteiger charge is 2.38. The molecule has 0 unspecified atom stereocenters. The zero-order valence-corrected chi connectivity index (χ0v) is 18.5. The summed E-state index contributed by atoms with van der Waals surface area (Å²) < 4.78 is 5.80. The third-order valence-corrected chi connectivity index (χ3v) is 5.85. The molecule has 0 N–H and O–H groups in total. The van der Waals surface area contributed by atoms with Crippen molar-refractivity contribution >= 4 is 23.2 Å². The summed E-state index contributed by atoms with van der Waals surface area (Å²) in [6, 6.07) is 26.7. The number of rotatable bonds is 6. The van der Waals surface area contributed by atoms with Gasteiger partial charge in [0.15, 0.2) is 6.61 Å². The summed E-state index contributed by atoms with van der Waals surface area (Å²) in [6.45, 7) is 3.86. The Bertz CT molecular complexity index is 1070. The summed E-state index contributed by atoms with van der Waals surface area (Å²) >= 11 is 0. The number of fused-ring (bicyclic) bond motifs is 1. The number of carbonyl (C=O) groups excluding carboxylic acids is 2. The molecule has 2 amide bonds. The molecule has 0 fully saturated rings. The number of para-hydroxylation sites is 3. The number of amides is 2. The largest absolute Gasteiger partial charge is 0.484 e. The fraction of sp³-hybridized carbons (Fsp3) is 0.259.